The van der Waals surface area contributed by atoms with Crippen LogP contribution in [-0.4, -0.2) is 43.7 Å². The number of aryl methyl sites for hydroxylation is 2. The number of hydrogen-bond acceptors (Lipinski definition) is 8. The first-order chi connectivity index (χ1) is 20.0. The third kappa shape index (κ3) is 5.59. The van der Waals surface area contributed by atoms with Gasteiger partial charge in [-0.05, 0) is 80.1 Å². The van der Waals surface area contributed by atoms with Crippen molar-refractivity contribution in [2.24, 2.45) is 0 Å². The van der Waals surface area contributed by atoms with Gasteiger partial charge in [0.2, 0.25) is 11.6 Å². The molecule has 0 saturated heterocycles. The van der Waals surface area contributed by atoms with Crippen LogP contribution in [-0.2, 0) is 22.4 Å². The molecule has 2 N–H and O–H groups in total. The summed E-state index contributed by atoms with van der Waals surface area (Å²) >= 11 is 9.72. The van der Waals surface area contributed by atoms with Crippen LogP contribution >= 0.6 is 54.5 Å². The fourth-order valence-electron chi connectivity index (χ4n) is 4.79. The van der Waals surface area contributed by atoms with Gasteiger partial charge in [-0.15, -0.1) is 22.7 Å². The number of rotatable bonds is 6. The predicted octanol–water partition coefficient (Wildman–Crippen LogP) is 6.86. The number of nitrogens with zero attached hydrogens (tertiary/aromatic N) is 2. The molecule has 2 aliphatic carbocycles. The molecule has 212 valence electrons. The van der Waals surface area contributed by atoms with Gasteiger partial charge in [-0.3, -0.25) is 19.2 Å². The van der Waals surface area contributed by atoms with Gasteiger partial charge in [0.25, 0.3) is 0 Å². The standard InChI is InChI=1S/2C15H10BrNO3S/c2*1-7-15(21-6-17-7)12-9-3-2-8(5-11(18)19)4-10(9)14(20)13(12)16/h2*2-4,6H,5H2,1H3,(H,18,19). The Kier molecular flexibility index (Phi) is 8.51. The van der Waals surface area contributed by atoms with Crippen LogP contribution in [0.15, 0.2) is 56.4 Å². The Morgan fingerprint density at radius 1 is 0.690 bits per heavy atom. The first-order valence-electron chi connectivity index (χ1n) is 12.4. The van der Waals surface area contributed by atoms with Crippen LogP contribution < -0.4 is 0 Å². The average Bonchev–Trinajstić information content (AvgIpc) is 3.67. The van der Waals surface area contributed by atoms with Crippen molar-refractivity contribution in [3.63, 3.8) is 0 Å². The van der Waals surface area contributed by atoms with Gasteiger partial charge in [-0.1, -0.05) is 24.3 Å². The minimum atomic E-state index is -0.911. The highest BCUT2D eigenvalue weighted by atomic mass is 79.9. The highest BCUT2D eigenvalue weighted by Gasteiger charge is 2.32. The van der Waals surface area contributed by atoms with E-state index in [0.29, 0.717) is 31.2 Å². The monoisotopic (exact) mass is 726 g/mol. The summed E-state index contributed by atoms with van der Waals surface area (Å²) in [6.45, 7) is 3.81. The van der Waals surface area contributed by atoms with E-state index < -0.39 is 11.9 Å². The molecule has 2 heterocycles. The molecule has 8 nitrogen and oxygen atoms in total. The number of hydrogen-bond donors (Lipinski definition) is 2. The highest BCUT2D eigenvalue weighted by molar-refractivity contribution is 9.12. The number of carbonyl (C=O) groups is 4. The number of aromatic nitrogens is 2. The molecule has 0 bridgehead atoms. The van der Waals surface area contributed by atoms with E-state index in [2.05, 4.69) is 41.8 Å². The molecule has 4 aromatic rings. The number of allylic oxidation sites excluding steroid dienone is 2. The number of carboxylic acid groups (broad SMARTS) is 2. The maximum absolute atomic E-state index is 12.4. The normalized spacial score (nSPS) is 13.7. The van der Waals surface area contributed by atoms with Crippen LogP contribution in [0.2, 0.25) is 0 Å². The Morgan fingerprint density at radius 3 is 1.38 bits per heavy atom. The number of Topliss-reactive ketones (excluding diaryl/α,β-unsaturated/α-hetero) is 2. The van der Waals surface area contributed by atoms with Crippen LogP contribution in [0.3, 0.4) is 0 Å². The Hall–Kier alpha value is -3.58. The van der Waals surface area contributed by atoms with Gasteiger partial charge >= 0.3 is 11.9 Å². The number of aliphatic carboxylic acids is 2. The van der Waals surface area contributed by atoms with E-state index >= 15 is 0 Å². The van der Waals surface area contributed by atoms with Crippen molar-refractivity contribution in [2.75, 3.05) is 0 Å². The van der Waals surface area contributed by atoms with Crippen molar-refractivity contribution >= 4 is 89.2 Å². The predicted molar refractivity (Wildman–Crippen MR) is 168 cm³/mol. The maximum Gasteiger partial charge on any atom is 0.307 e. The second-order valence-corrected chi connectivity index (χ2v) is 12.8. The number of carbonyl (C=O) groups excluding carboxylic acids is 2. The van der Waals surface area contributed by atoms with E-state index in [1.54, 1.807) is 35.3 Å². The quantitative estimate of drug-likeness (QED) is 0.220. The van der Waals surface area contributed by atoms with Crippen molar-refractivity contribution in [2.45, 2.75) is 26.7 Å². The lowest BCUT2D eigenvalue weighted by molar-refractivity contribution is -0.137. The zero-order chi connectivity index (χ0) is 30.3. The van der Waals surface area contributed by atoms with Gasteiger partial charge in [-0.25, -0.2) is 9.97 Å². The second kappa shape index (κ2) is 12.0. The fraction of sp³-hybridized carbons (Fsp3) is 0.133. The second-order valence-electron chi connectivity index (χ2n) is 9.47. The molecular weight excluding hydrogens is 708 g/mol. The van der Waals surface area contributed by atoms with Crippen molar-refractivity contribution in [1.82, 2.24) is 9.97 Å². The third-order valence-corrected chi connectivity index (χ3v) is 10.1. The average molecular weight is 728 g/mol. The molecular formula is C30H20Br2N2O6S2. The van der Waals surface area contributed by atoms with Crippen molar-refractivity contribution < 1.29 is 29.4 Å². The lowest BCUT2D eigenvalue weighted by atomic mass is 10.00. The molecule has 0 radical (unpaired) electrons. The first kappa shape index (κ1) is 29.9. The summed E-state index contributed by atoms with van der Waals surface area (Å²) in [5, 5.41) is 17.7. The van der Waals surface area contributed by atoms with E-state index in [0.717, 1.165) is 43.4 Å². The van der Waals surface area contributed by atoms with Crippen LogP contribution in [0, 0.1) is 13.8 Å². The summed E-state index contributed by atoms with van der Waals surface area (Å²) in [5.41, 5.74) is 10.9. The molecule has 0 atom stereocenters. The van der Waals surface area contributed by atoms with Gasteiger partial charge in [-0.2, -0.15) is 0 Å². The molecule has 0 spiro atoms. The molecule has 42 heavy (non-hydrogen) atoms. The lowest BCUT2D eigenvalue weighted by Crippen LogP contribution is -2.02. The van der Waals surface area contributed by atoms with E-state index in [-0.39, 0.29) is 24.4 Å². The SMILES string of the molecule is Cc1ncsc1C1=C(Br)C(=O)c2cc(CC(=O)O)ccc21.Cc1ncsc1C1=C(Br)C(=O)c2cc(CC(=O)O)ccc21. The number of fused-ring (bicyclic) bond motifs is 2. The fourth-order valence-corrected chi connectivity index (χ4v) is 8.04. The maximum atomic E-state index is 12.4. The summed E-state index contributed by atoms with van der Waals surface area (Å²) in [4.78, 5) is 56.7. The third-order valence-electron chi connectivity index (χ3n) is 6.69. The Labute approximate surface area is 264 Å². The van der Waals surface area contributed by atoms with E-state index in [1.807, 2.05) is 26.0 Å². The Morgan fingerprint density at radius 2 is 1.07 bits per heavy atom. The first-order valence-corrected chi connectivity index (χ1v) is 15.7. The number of carboxylic acids is 2. The van der Waals surface area contributed by atoms with Crippen molar-refractivity contribution in [1.29, 1.82) is 0 Å². The van der Waals surface area contributed by atoms with E-state index in [9.17, 15) is 19.2 Å². The van der Waals surface area contributed by atoms with Gasteiger partial charge in [0.15, 0.2) is 0 Å². The van der Waals surface area contributed by atoms with Crippen LogP contribution in [0.4, 0.5) is 0 Å². The molecule has 2 aromatic heterocycles. The summed E-state index contributed by atoms with van der Waals surface area (Å²) in [7, 11) is 0. The molecule has 0 amide bonds. The van der Waals surface area contributed by atoms with E-state index in [4.69, 9.17) is 10.2 Å². The van der Waals surface area contributed by atoms with Crippen LogP contribution in [0.5, 0.6) is 0 Å². The topological polar surface area (TPSA) is 135 Å². The van der Waals surface area contributed by atoms with Gasteiger partial charge in [0.1, 0.15) is 0 Å². The number of thiazole rings is 2. The highest BCUT2D eigenvalue weighted by Crippen LogP contribution is 2.44. The summed E-state index contributed by atoms with van der Waals surface area (Å²) < 4.78 is 1.02. The number of ketones is 2. The molecule has 2 aliphatic rings. The molecule has 2 aromatic carbocycles. The zero-order valence-electron chi connectivity index (χ0n) is 22.0. The molecule has 0 fully saturated rings. The molecule has 6 rings (SSSR count). The molecule has 12 heteroatoms. The van der Waals surface area contributed by atoms with Gasteiger partial charge in [0, 0.05) is 22.3 Å². The summed E-state index contributed by atoms with van der Waals surface area (Å²) in [5.74, 6) is -2.04. The van der Waals surface area contributed by atoms with Crippen molar-refractivity contribution in [3.05, 3.63) is 111 Å². The smallest absolute Gasteiger partial charge is 0.307 e. The number of halogens is 2. The Balaban J connectivity index is 0.000000168. The summed E-state index contributed by atoms with van der Waals surface area (Å²) in [6.07, 6.45) is -0.180. The largest absolute Gasteiger partial charge is 0.481 e. The Bertz CT molecular complexity index is 1750. The van der Waals surface area contributed by atoms with E-state index in [1.165, 1.54) is 22.7 Å². The van der Waals surface area contributed by atoms with Crippen LogP contribution in [0.1, 0.15) is 64.1 Å². The van der Waals surface area contributed by atoms with Crippen LogP contribution in [0.25, 0.3) is 11.1 Å². The molecule has 0 unspecified atom stereocenters. The summed E-state index contributed by atoms with van der Waals surface area (Å²) in [6, 6.07) is 10.5. The number of benzene rings is 2. The molecule has 0 saturated carbocycles. The minimum absolute atomic E-state index is 0.0902. The minimum Gasteiger partial charge on any atom is -0.481 e. The van der Waals surface area contributed by atoms with Crippen molar-refractivity contribution in [3.8, 4) is 0 Å². The lowest BCUT2D eigenvalue weighted by Gasteiger charge is -2.05. The zero-order valence-corrected chi connectivity index (χ0v) is 26.8. The van der Waals surface area contributed by atoms with Gasteiger partial charge in [0.05, 0.1) is 54.0 Å². The molecule has 0 aliphatic heterocycles. The van der Waals surface area contributed by atoms with Gasteiger partial charge < -0.3 is 10.2 Å².